The van der Waals surface area contributed by atoms with E-state index in [1.165, 1.54) is 0 Å². The fourth-order valence-electron chi connectivity index (χ4n) is 3.83. The van der Waals surface area contributed by atoms with Gasteiger partial charge in [0.15, 0.2) is 5.11 Å². The number of allylic oxidation sites excluding steroid dienone is 1. The van der Waals surface area contributed by atoms with E-state index in [9.17, 15) is 4.79 Å². The first kappa shape index (κ1) is 24.1. The molecule has 3 N–H and O–H groups in total. The standard InChI is InChI=1S/C27H27N3O4S/c1-17-24(26(31)29-22-14-13-21(32-2)15-23(22)33-3)25(30-27(35)28-17)19-9-11-20(12-10-19)34-16-18-7-5-4-6-8-18/h4-15,25H,16H2,1-3H3,(H,29,31)(H2,28,30,35)/t25-/m0/s1. The highest BCUT2D eigenvalue weighted by molar-refractivity contribution is 7.80. The van der Waals surface area contributed by atoms with Crippen molar-refractivity contribution in [3.05, 3.63) is 95.2 Å². The Labute approximate surface area is 210 Å². The fourth-order valence-corrected chi connectivity index (χ4v) is 4.10. The summed E-state index contributed by atoms with van der Waals surface area (Å²) >= 11 is 5.37. The van der Waals surface area contributed by atoms with E-state index in [1.54, 1.807) is 32.4 Å². The number of carbonyl (C=O) groups is 1. The number of thiocarbonyl (C=S) groups is 1. The molecule has 1 atom stereocenters. The molecule has 1 aliphatic heterocycles. The van der Waals surface area contributed by atoms with Gasteiger partial charge in [0, 0.05) is 11.8 Å². The van der Waals surface area contributed by atoms with Crippen molar-refractivity contribution in [2.45, 2.75) is 19.6 Å². The summed E-state index contributed by atoms with van der Waals surface area (Å²) in [5.74, 6) is 1.60. The summed E-state index contributed by atoms with van der Waals surface area (Å²) in [7, 11) is 3.12. The van der Waals surface area contributed by atoms with Crippen LogP contribution in [0.3, 0.4) is 0 Å². The normalized spacial score (nSPS) is 15.1. The molecule has 0 saturated carbocycles. The number of methoxy groups -OCH3 is 2. The zero-order chi connectivity index (χ0) is 24.8. The third-order valence-corrected chi connectivity index (χ3v) is 5.85. The second kappa shape index (κ2) is 10.9. The van der Waals surface area contributed by atoms with E-state index in [4.69, 9.17) is 26.4 Å². The highest BCUT2D eigenvalue weighted by Gasteiger charge is 2.30. The Morgan fingerprint density at radius 1 is 0.971 bits per heavy atom. The van der Waals surface area contributed by atoms with E-state index in [2.05, 4.69) is 16.0 Å². The summed E-state index contributed by atoms with van der Waals surface area (Å²) in [4.78, 5) is 13.4. The van der Waals surface area contributed by atoms with E-state index in [0.717, 1.165) is 16.9 Å². The maximum Gasteiger partial charge on any atom is 0.255 e. The largest absolute Gasteiger partial charge is 0.497 e. The molecule has 8 heteroatoms. The summed E-state index contributed by atoms with van der Waals surface area (Å²) in [5.41, 5.74) is 3.71. The van der Waals surface area contributed by atoms with Crippen LogP contribution in [0.4, 0.5) is 5.69 Å². The average molecular weight is 490 g/mol. The third kappa shape index (κ3) is 5.73. The first-order valence-corrected chi connectivity index (χ1v) is 11.5. The van der Waals surface area contributed by atoms with Crippen LogP contribution in [-0.2, 0) is 11.4 Å². The Bertz CT molecular complexity index is 1240. The maximum atomic E-state index is 13.4. The van der Waals surface area contributed by atoms with Crippen molar-refractivity contribution in [1.82, 2.24) is 10.6 Å². The van der Waals surface area contributed by atoms with Gasteiger partial charge in [0.05, 0.1) is 31.5 Å². The minimum atomic E-state index is -0.434. The number of benzene rings is 3. The van der Waals surface area contributed by atoms with Crippen LogP contribution >= 0.6 is 12.2 Å². The van der Waals surface area contributed by atoms with Crippen molar-refractivity contribution in [3.8, 4) is 17.2 Å². The number of hydrogen-bond donors (Lipinski definition) is 3. The van der Waals surface area contributed by atoms with Crippen molar-refractivity contribution in [2.75, 3.05) is 19.5 Å². The molecule has 180 valence electrons. The van der Waals surface area contributed by atoms with Gasteiger partial charge in [0.1, 0.15) is 23.9 Å². The third-order valence-electron chi connectivity index (χ3n) is 5.63. The maximum absolute atomic E-state index is 13.4. The zero-order valence-corrected chi connectivity index (χ0v) is 20.6. The van der Waals surface area contributed by atoms with E-state index in [1.807, 2.05) is 61.5 Å². The molecule has 1 aliphatic rings. The smallest absolute Gasteiger partial charge is 0.255 e. The molecule has 0 aromatic heterocycles. The molecule has 4 rings (SSSR count). The Kier molecular flexibility index (Phi) is 7.52. The predicted molar refractivity (Wildman–Crippen MR) is 140 cm³/mol. The van der Waals surface area contributed by atoms with Crippen LogP contribution in [0.25, 0.3) is 0 Å². The number of amides is 1. The van der Waals surface area contributed by atoms with E-state index in [0.29, 0.717) is 40.2 Å². The summed E-state index contributed by atoms with van der Waals surface area (Å²) in [6, 6.07) is 22.4. The Morgan fingerprint density at radius 2 is 1.69 bits per heavy atom. The molecule has 7 nitrogen and oxygen atoms in total. The molecule has 0 unspecified atom stereocenters. The van der Waals surface area contributed by atoms with Crippen molar-refractivity contribution in [2.24, 2.45) is 0 Å². The van der Waals surface area contributed by atoms with Crippen molar-refractivity contribution in [3.63, 3.8) is 0 Å². The van der Waals surface area contributed by atoms with Gasteiger partial charge in [0.25, 0.3) is 5.91 Å². The first-order valence-electron chi connectivity index (χ1n) is 11.1. The van der Waals surface area contributed by atoms with Crippen LogP contribution in [0.5, 0.6) is 17.2 Å². The van der Waals surface area contributed by atoms with E-state index >= 15 is 0 Å². The highest BCUT2D eigenvalue weighted by Crippen LogP contribution is 2.32. The van der Waals surface area contributed by atoms with Crippen LogP contribution in [0.1, 0.15) is 24.1 Å². The highest BCUT2D eigenvalue weighted by atomic mass is 32.1. The van der Waals surface area contributed by atoms with Crippen LogP contribution < -0.4 is 30.2 Å². The number of anilines is 1. The molecule has 0 spiro atoms. The van der Waals surface area contributed by atoms with E-state index < -0.39 is 6.04 Å². The lowest BCUT2D eigenvalue weighted by molar-refractivity contribution is -0.113. The molecule has 1 amide bonds. The monoisotopic (exact) mass is 489 g/mol. The molecular weight excluding hydrogens is 462 g/mol. The predicted octanol–water partition coefficient (Wildman–Crippen LogP) is 4.71. The molecule has 3 aromatic rings. The van der Waals surface area contributed by atoms with Crippen molar-refractivity contribution in [1.29, 1.82) is 0 Å². The average Bonchev–Trinajstić information content (AvgIpc) is 2.88. The minimum Gasteiger partial charge on any atom is -0.497 e. The van der Waals surface area contributed by atoms with Crippen molar-refractivity contribution < 1.29 is 19.0 Å². The second-order valence-corrected chi connectivity index (χ2v) is 8.34. The van der Waals surface area contributed by atoms with Gasteiger partial charge in [-0.25, -0.2) is 0 Å². The number of nitrogens with one attached hydrogen (secondary N) is 3. The molecular formula is C27H27N3O4S. The van der Waals surface area contributed by atoms with Crippen LogP contribution in [0, 0.1) is 0 Å². The molecule has 0 aliphatic carbocycles. The van der Waals surface area contributed by atoms with Crippen LogP contribution in [-0.4, -0.2) is 25.2 Å². The lowest BCUT2D eigenvalue weighted by Crippen LogP contribution is -2.45. The molecule has 0 bridgehead atoms. The molecule has 0 saturated heterocycles. The van der Waals surface area contributed by atoms with Gasteiger partial charge in [-0.2, -0.15) is 0 Å². The molecule has 35 heavy (non-hydrogen) atoms. The summed E-state index contributed by atoms with van der Waals surface area (Å²) in [6.45, 7) is 2.31. The lowest BCUT2D eigenvalue weighted by Gasteiger charge is -2.30. The quantitative estimate of drug-likeness (QED) is 0.395. The Hall–Kier alpha value is -4.04. The molecule has 1 heterocycles. The van der Waals surface area contributed by atoms with Crippen molar-refractivity contribution >= 4 is 28.9 Å². The Balaban J connectivity index is 1.54. The topological polar surface area (TPSA) is 80.9 Å². The molecule has 0 fully saturated rings. The van der Waals surface area contributed by atoms with Gasteiger partial charge >= 0.3 is 0 Å². The Morgan fingerprint density at radius 3 is 2.37 bits per heavy atom. The molecule has 0 radical (unpaired) electrons. The zero-order valence-electron chi connectivity index (χ0n) is 19.8. The number of rotatable bonds is 8. The lowest BCUT2D eigenvalue weighted by atomic mass is 9.95. The SMILES string of the molecule is COc1ccc(NC(=O)C2=C(C)NC(=S)N[C@H]2c2ccc(OCc3ccccc3)cc2)c(OC)c1. The van der Waals surface area contributed by atoms with Gasteiger partial charge in [-0.1, -0.05) is 42.5 Å². The van der Waals surface area contributed by atoms with Gasteiger partial charge in [-0.05, 0) is 54.5 Å². The number of carbonyl (C=O) groups excluding carboxylic acids is 1. The van der Waals surface area contributed by atoms with E-state index in [-0.39, 0.29) is 5.91 Å². The first-order chi connectivity index (χ1) is 17.0. The van der Waals surface area contributed by atoms with Gasteiger partial charge in [0.2, 0.25) is 0 Å². The summed E-state index contributed by atoms with van der Waals surface area (Å²) in [5, 5.41) is 9.68. The van der Waals surface area contributed by atoms with Gasteiger partial charge in [-0.3, -0.25) is 4.79 Å². The number of hydrogen-bond acceptors (Lipinski definition) is 5. The minimum absolute atomic E-state index is 0.275. The van der Waals surface area contributed by atoms with Crippen LogP contribution in [0.2, 0.25) is 0 Å². The van der Waals surface area contributed by atoms with Gasteiger partial charge < -0.3 is 30.2 Å². The number of ether oxygens (including phenoxy) is 3. The van der Waals surface area contributed by atoms with Crippen LogP contribution in [0.15, 0.2) is 84.1 Å². The summed E-state index contributed by atoms with van der Waals surface area (Å²) in [6.07, 6.45) is 0. The van der Waals surface area contributed by atoms with Gasteiger partial charge in [-0.15, -0.1) is 0 Å². The second-order valence-electron chi connectivity index (χ2n) is 7.93. The fraction of sp³-hybridized carbons (Fsp3) is 0.185. The summed E-state index contributed by atoms with van der Waals surface area (Å²) < 4.78 is 16.6. The molecule has 3 aromatic carbocycles.